The van der Waals surface area contributed by atoms with Gasteiger partial charge in [0.2, 0.25) is 0 Å². The molecule has 2 aliphatic heterocycles. The highest BCUT2D eigenvalue weighted by atomic mass is 16.5. The number of fused-ring (bicyclic) bond motifs is 2. The molecule has 3 nitrogen and oxygen atoms in total. The van der Waals surface area contributed by atoms with Crippen LogP contribution < -0.4 is 15.8 Å². The molecule has 0 radical (unpaired) electrons. The number of nitrogens with two attached hydrogens (primary N) is 1. The zero-order valence-corrected chi connectivity index (χ0v) is 10.2. The first kappa shape index (κ1) is 11.1. The van der Waals surface area contributed by atoms with Crippen LogP contribution in [0.4, 0.5) is 0 Å². The van der Waals surface area contributed by atoms with Crippen LogP contribution in [-0.4, -0.2) is 25.7 Å². The van der Waals surface area contributed by atoms with Gasteiger partial charge in [-0.2, -0.15) is 0 Å². The molecule has 0 saturated carbocycles. The van der Waals surface area contributed by atoms with Crippen molar-refractivity contribution in [3.8, 4) is 5.75 Å². The summed E-state index contributed by atoms with van der Waals surface area (Å²) >= 11 is 0. The summed E-state index contributed by atoms with van der Waals surface area (Å²) < 4.78 is 5.31. The van der Waals surface area contributed by atoms with Crippen molar-refractivity contribution in [1.82, 2.24) is 5.32 Å². The van der Waals surface area contributed by atoms with Crippen LogP contribution in [0.2, 0.25) is 0 Å². The van der Waals surface area contributed by atoms with E-state index < -0.39 is 0 Å². The van der Waals surface area contributed by atoms with Crippen LogP contribution in [-0.2, 0) is 0 Å². The second kappa shape index (κ2) is 4.31. The van der Waals surface area contributed by atoms with Crippen molar-refractivity contribution in [2.75, 3.05) is 13.7 Å². The van der Waals surface area contributed by atoms with E-state index in [1.54, 1.807) is 7.11 Å². The van der Waals surface area contributed by atoms with Crippen molar-refractivity contribution < 1.29 is 4.74 Å². The zero-order valence-electron chi connectivity index (χ0n) is 10.2. The van der Waals surface area contributed by atoms with E-state index in [-0.39, 0.29) is 0 Å². The second-order valence-electron chi connectivity index (χ2n) is 5.16. The molecule has 0 aromatic heterocycles. The Morgan fingerprint density at radius 2 is 2.18 bits per heavy atom. The van der Waals surface area contributed by atoms with Gasteiger partial charge in [-0.25, -0.2) is 0 Å². The molecule has 2 saturated heterocycles. The lowest BCUT2D eigenvalue weighted by atomic mass is 9.75. The quantitative estimate of drug-likeness (QED) is 0.830. The highest BCUT2D eigenvalue weighted by Crippen LogP contribution is 2.44. The van der Waals surface area contributed by atoms with Crippen molar-refractivity contribution >= 4 is 0 Å². The average molecular weight is 232 g/mol. The summed E-state index contributed by atoms with van der Waals surface area (Å²) in [6, 6.07) is 9.69. The fraction of sp³-hybridized carbons (Fsp3) is 0.571. The van der Waals surface area contributed by atoms with Crippen LogP contribution in [0.15, 0.2) is 24.3 Å². The maximum atomic E-state index is 5.95. The van der Waals surface area contributed by atoms with E-state index >= 15 is 0 Å². The molecule has 92 valence electrons. The van der Waals surface area contributed by atoms with E-state index in [0.29, 0.717) is 23.9 Å². The summed E-state index contributed by atoms with van der Waals surface area (Å²) in [6.45, 7) is 0.774. The molecule has 4 atom stereocenters. The molecule has 2 aliphatic rings. The second-order valence-corrected chi connectivity index (χ2v) is 5.16. The number of methoxy groups -OCH3 is 1. The third-order valence-corrected chi connectivity index (χ3v) is 4.38. The lowest BCUT2D eigenvalue weighted by molar-refractivity contribution is 0.363. The number of nitrogens with one attached hydrogen (secondary N) is 1. The molecule has 2 heterocycles. The first-order valence-corrected chi connectivity index (χ1v) is 6.43. The van der Waals surface area contributed by atoms with Crippen LogP contribution >= 0.6 is 0 Å². The van der Waals surface area contributed by atoms with Crippen LogP contribution in [0.3, 0.4) is 0 Å². The molecule has 0 amide bonds. The predicted molar refractivity (Wildman–Crippen MR) is 68.2 cm³/mol. The van der Waals surface area contributed by atoms with Gasteiger partial charge >= 0.3 is 0 Å². The topological polar surface area (TPSA) is 47.3 Å². The van der Waals surface area contributed by atoms with Gasteiger partial charge in [0.15, 0.2) is 0 Å². The van der Waals surface area contributed by atoms with E-state index in [4.69, 9.17) is 10.5 Å². The highest BCUT2D eigenvalue weighted by molar-refractivity contribution is 5.34. The predicted octanol–water partition coefficient (Wildman–Crippen LogP) is 1.49. The lowest BCUT2D eigenvalue weighted by Crippen LogP contribution is -2.31. The first-order valence-electron chi connectivity index (χ1n) is 6.43. The Labute approximate surface area is 102 Å². The summed E-state index contributed by atoms with van der Waals surface area (Å²) in [4.78, 5) is 0. The molecule has 17 heavy (non-hydrogen) atoms. The molecule has 0 spiro atoms. The van der Waals surface area contributed by atoms with E-state index in [1.165, 1.54) is 18.4 Å². The van der Waals surface area contributed by atoms with Gasteiger partial charge in [-0.3, -0.25) is 0 Å². The molecule has 3 N–H and O–H groups in total. The van der Waals surface area contributed by atoms with Gasteiger partial charge in [-0.15, -0.1) is 0 Å². The van der Waals surface area contributed by atoms with E-state index in [9.17, 15) is 0 Å². The lowest BCUT2D eigenvalue weighted by Gasteiger charge is -2.29. The molecule has 1 aromatic carbocycles. The molecule has 2 fully saturated rings. The summed E-state index contributed by atoms with van der Waals surface area (Å²) in [5.41, 5.74) is 7.32. The standard InChI is InChI=1S/C14H20N2O/c1-17-10-4-2-3-9(7-10)14-11(8-15)12-5-6-13(14)16-12/h2-4,7,11-14,16H,5-6,8,15H2,1H3. The number of ether oxygens (including phenoxy) is 1. The summed E-state index contributed by atoms with van der Waals surface area (Å²) in [6.07, 6.45) is 2.57. The summed E-state index contributed by atoms with van der Waals surface area (Å²) in [5.74, 6) is 2.09. The molecule has 3 heteroatoms. The minimum absolute atomic E-state index is 0.564. The number of rotatable bonds is 3. The van der Waals surface area contributed by atoms with E-state index in [0.717, 1.165) is 12.3 Å². The molecular weight excluding hydrogens is 212 g/mol. The Morgan fingerprint density at radius 1 is 1.35 bits per heavy atom. The highest BCUT2D eigenvalue weighted by Gasteiger charge is 2.46. The SMILES string of the molecule is COc1cccc(C2C3CCC(N3)C2CN)c1. The Kier molecular flexibility index (Phi) is 2.81. The number of hydrogen-bond acceptors (Lipinski definition) is 3. The molecular formula is C14H20N2O. The van der Waals surface area contributed by atoms with Crippen molar-refractivity contribution in [2.45, 2.75) is 30.8 Å². The van der Waals surface area contributed by atoms with Crippen molar-refractivity contribution in [2.24, 2.45) is 11.7 Å². The number of benzene rings is 1. The maximum Gasteiger partial charge on any atom is 0.119 e. The minimum Gasteiger partial charge on any atom is -0.497 e. The minimum atomic E-state index is 0.564. The zero-order chi connectivity index (χ0) is 11.8. The maximum absolute atomic E-state index is 5.95. The van der Waals surface area contributed by atoms with E-state index in [1.807, 2.05) is 6.07 Å². The molecule has 2 bridgehead atoms. The third-order valence-electron chi connectivity index (χ3n) is 4.38. The monoisotopic (exact) mass is 232 g/mol. The Balaban J connectivity index is 1.92. The molecule has 3 rings (SSSR count). The van der Waals surface area contributed by atoms with Gasteiger partial charge < -0.3 is 15.8 Å². The fourth-order valence-corrected chi connectivity index (χ4v) is 3.61. The van der Waals surface area contributed by atoms with Crippen LogP contribution in [0.5, 0.6) is 5.75 Å². The van der Waals surface area contributed by atoms with Crippen molar-refractivity contribution in [1.29, 1.82) is 0 Å². The Morgan fingerprint density at radius 3 is 2.94 bits per heavy atom. The first-order chi connectivity index (χ1) is 8.33. The molecule has 1 aromatic rings. The van der Waals surface area contributed by atoms with Gasteiger partial charge in [0.1, 0.15) is 5.75 Å². The number of hydrogen-bond donors (Lipinski definition) is 2. The van der Waals surface area contributed by atoms with Gasteiger partial charge in [-0.1, -0.05) is 12.1 Å². The van der Waals surface area contributed by atoms with Gasteiger partial charge in [0.25, 0.3) is 0 Å². The Bertz CT molecular complexity index is 407. The largest absolute Gasteiger partial charge is 0.497 e. The Hall–Kier alpha value is -1.06. The van der Waals surface area contributed by atoms with Crippen LogP contribution in [0.25, 0.3) is 0 Å². The van der Waals surface area contributed by atoms with Gasteiger partial charge in [0.05, 0.1) is 7.11 Å². The smallest absolute Gasteiger partial charge is 0.119 e. The van der Waals surface area contributed by atoms with Crippen molar-refractivity contribution in [3.05, 3.63) is 29.8 Å². The van der Waals surface area contributed by atoms with Crippen LogP contribution in [0.1, 0.15) is 24.3 Å². The van der Waals surface area contributed by atoms with Gasteiger partial charge in [-0.05, 0) is 43.0 Å². The normalized spacial score (nSPS) is 35.2. The fourth-order valence-electron chi connectivity index (χ4n) is 3.61. The molecule has 4 unspecified atom stereocenters. The van der Waals surface area contributed by atoms with Crippen LogP contribution in [0, 0.1) is 5.92 Å². The van der Waals surface area contributed by atoms with Gasteiger partial charge in [0, 0.05) is 18.0 Å². The summed E-state index contributed by atoms with van der Waals surface area (Å²) in [5, 5.41) is 3.69. The third kappa shape index (κ3) is 1.74. The molecule has 0 aliphatic carbocycles. The van der Waals surface area contributed by atoms with Crippen molar-refractivity contribution in [3.63, 3.8) is 0 Å². The average Bonchev–Trinajstić information content (AvgIpc) is 2.98. The summed E-state index contributed by atoms with van der Waals surface area (Å²) in [7, 11) is 1.72. The van der Waals surface area contributed by atoms with E-state index in [2.05, 4.69) is 23.5 Å².